The molecule has 1 aromatic carbocycles. The summed E-state index contributed by atoms with van der Waals surface area (Å²) in [7, 11) is 0. The summed E-state index contributed by atoms with van der Waals surface area (Å²) in [4.78, 5) is 19.2. The molecule has 0 fully saturated rings. The van der Waals surface area contributed by atoms with Crippen LogP contribution in [-0.4, -0.2) is 22.1 Å². The van der Waals surface area contributed by atoms with E-state index < -0.39 is 0 Å². The molecule has 0 saturated carbocycles. The number of aromatic amines is 1. The summed E-state index contributed by atoms with van der Waals surface area (Å²) in [5, 5.41) is 3.36. The molecule has 88 valence electrons. The van der Waals surface area contributed by atoms with Crippen molar-refractivity contribution < 1.29 is 4.79 Å². The molecule has 2 aromatic rings. The third-order valence-electron chi connectivity index (χ3n) is 2.15. The number of rotatable bonds is 3. The Morgan fingerprint density at radius 3 is 2.94 bits per heavy atom. The number of thioether (sulfide) groups is 1. The maximum Gasteiger partial charge on any atom is 0.273 e. The highest BCUT2D eigenvalue weighted by atomic mass is 35.5. The van der Waals surface area contributed by atoms with Crippen molar-refractivity contribution in [2.75, 3.05) is 11.6 Å². The van der Waals surface area contributed by atoms with Crippen molar-refractivity contribution in [3.8, 4) is 0 Å². The second-order valence-corrected chi connectivity index (χ2v) is 4.52. The lowest BCUT2D eigenvalue weighted by Gasteiger charge is -2.06. The van der Waals surface area contributed by atoms with E-state index in [2.05, 4.69) is 15.3 Å². The Bertz CT molecular complexity index is 528. The SMILES string of the molecule is CSc1ccc(NC(=O)c2cnc[nH]2)cc1Cl. The standard InChI is InChI=1S/C11H10ClN3OS/c1-17-10-3-2-7(4-8(10)12)15-11(16)9-5-13-6-14-9/h2-6H,1H3,(H,13,14)(H,15,16). The Morgan fingerprint density at radius 2 is 2.35 bits per heavy atom. The normalized spacial score (nSPS) is 10.2. The number of benzene rings is 1. The number of nitrogens with zero attached hydrogens (tertiary/aromatic N) is 1. The summed E-state index contributed by atoms with van der Waals surface area (Å²) in [6.45, 7) is 0. The van der Waals surface area contributed by atoms with Gasteiger partial charge in [-0.1, -0.05) is 11.6 Å². The Morgan fingerprint density at radius 1 is 1.53 bits per heavy atom. The minimum absolute atomic E-state index is 0.240. The molecule has 2 rings (SSSR count). The number of anilines is 1. The fourth-order valence-electron chi connectivity index (χ4n) is 1.32. The molecule has 0 unspecified atom stereocenters. The van der Waals surface area contributed by atoms with Gasteiger partial charge in [-0.2, -0.15) is 0 Å². The highest BCUT2D eigenvalue weighted by molar-refractivity contribution is 7.98. The molecule has 0 aliphatic carbocycles. The van der Waals surface area contributed by atoms with Crippen LogP contribution in [-0.2, 0) is 0 Å². The van der Waals surface area contributed by atoms with Gasteiger partial charge in [0.1, 0.15) is 5.69 Å². The number of nitrogens with one attached hydrogen (secondary N) is 2. The van der Waals surface area contributed by atoms with E-state index in [1.807, 2.05) is 18.4 Å². The zero-order valence-corrected chi connectivity index (χ0v) is 10.6. The predicted octanol–water partition coefficient (Wildman–Crippen LogP) is 3.04. The average molecular weight is 268 g/mol. The van der Waals surface area contributed by atoms with E-state index in [1.165, 1.54) is 12.5 Å². The van der Waals surface area contributed by atoms with E-state index in [0.29, 0.717) is 16.4 Å². The zero-order chi connectivity index (χ0) is 12.3. The predicted molar refractivity (Wildman–Crippen MR) is 69.8 cm³/mol. The molecule has 1 heterocycles. The molecule has 1 aromatic heterocycles. The van der Waals surface area contributed by atoms with Gasteiger partial charge in [-0.05, 0) is 24.5 Å². The molecular weight excluding hydrogens is 258 g/mol. The van der Waals surface area contributed by atoms with Gasteiger partial charge >= 0.3 is 0 Å². The van der Waals surface area contributed by atoms with Gasteiger partial charge in [0.2, 0.25) is 0 Å². The molecule has 0 saturated heterocycles. The lowest BCUT2D eigenvalue weighted by Crippen LogP contribution is -2.12. The molecule has 6 heteroatoms. The molecule has 1 amide bonds. The van der Waals surface area contributed by atoms with Gasteiger partial charge in [0.15, 0.2) is 0 Å². The highest BCUT2D eigenvalue weighted by Crippen LogP contribution is 2.28. The van der Waals surface area contributed by atoms with Crippen LogP contribution in [0.5, 0.6) is 0 Å². The number of H-pyrrole nitrogens is 1. The first-order chi connectivity index (χ1) is 8.20. The molecule has 0 aliphatic rings. The van der Waals surface area contributed by atoms with Crippen LogP contribution in [0.15, 0.2) is 35.6 Å². The van der Waals surface area contributed by atoms with E-state index in [0.717, 1.165) is 4.90 Å². The maximum absolute atomic E-state index is 11.7. The number of amides is 1. The minimum Gasteiger partial charge on any atom is -0.341 e. The number of carbonyl (C=O) groups is 1. The molecular formula is C11H10ClN3OS. The number of carbonyl (C=O) groups excluding carboxylic acids is 1. The molecule has 2 N–H and O–H groups in total. The van der Waals surface area contributed by atoms with Gasteiger partial charge in [0.25, 0.3) is 5.91 Å². The molecule has 0 bridgehead atoms. The van der Waals surface area contributed by atoms with Gasteiger partial charge in [0, 0.05) is 10.6 Å². The monoisotopic (exact) mass is 267 g/mol. The fourth-order valence-corrected chi connectivity index (χ4v) is 2.19. The Balaban J connectivity index is 2.14. The lowest BCUT2D eigenvalue weighted by atomic mass is 10.3. The first-order valence-corrected chi connectivity index (χ1v) is 6.44. The van der Waals surface area contributed by atoms with Gasteiger partial charge in [-0.3, -0.25) is 4.79 Å². The second kappa shape index (κ2) is 5.25. The maximum atomic E-state index is 11.7. The Kier molecular flexibility index (Phi) is 3.71. The number of halogens is 1. The van der Waals surface area contributed by atoms with Crippen molar-refractivity contribution >= 4 is 35.0 Å². The summed E-state index contributed by atoms with van der Waals surface area (Å²) < 4.78 is 0. The Hall–Kier alpha value is -1.46. The fraction of sp³-hybridized carbons (Fsp3) is 0.0909. The molecule has 0 radical (unpaired) electrons. The third kappa shape index (κ3) is 2.81. The van der Waals surface area contributed by atoms with E-state index in [9.17, 15) is 4.79 Å². The van der Waals surface area contributed by atoms with Gasteiger partial charge < -0.3 is 10.3 Å². The quantitative estimate of drug-likeness (QED) is 0.841. The molecule has 0 aliphatic heterocycles. The third-order valence-corrected chi connectivity index (χ3v) is 3.37. The van der Waals surface area contributed by atoms with Crippen LogP contribution in [0, 0.1) is 0 Å². The van der Waals surface area contributed by atoms with E-state index >= 15 is 0 Å². The number of aromatic nitrogens is 2. The van der Waals surface area contributed by atoms with Crippen LogP contribution < -0.4 is 5.32 Å². The van der Waals surface area contributed by atoms with Crippen LogP contribution in [0.1, 0.15) is 10.5 Å². The summed E-state index contributed by atoms with van der Waals surface area (Å²) in [5.41, 5.74) is 1.07. The number of hydrogen-bond acceptors (Lipinski definition) is 3. The number of imidazole rings is 1. The van der Waals surface area contributed by atoms with Gasteiger partial charge in [-0.25, -0.2) is 4.98 Å². The van der Waals surface area contributed by atoms with E-state index in [1.54, 1.807) is 17.8 Å². The van der Waals surface area contributed by atoms with E-state index in [4.69, 9.17) is 11.6 Å². The largest absolute Gasteiger partial charge is 0.341 e. The first kappa shape index (κ1) is 12.0. The van der Waals surface area contributed by atoms with Crippen molar-refractivity contribution in [2.24, 2.45) is 0 Å². The average Bonchev–Trinajstić information content (AvgIpc) is 2.82. The summed E-state index contributed by atoms with van der Waals surface area (Å²) in [6, 6.07) is 5.41. The molecule has 0 spiro atoms. The van der Waals surface area contributed by atoms with Gasteiger partial charge in [-0.15, -0.1) is 11.8 Å². The van der Waals surface area contributed by atoms with Crippen LogP contribution in [0.2, 0.25) is 5.02 Å². The van der Waals surface area contributed by atoms with Crippen LogP contribution in [0.3, 0.4) is 0 Å². The number of hydrogen-bond donors (Lipinski definition) is 2. The van der Waals surface area contributed by atoms with Crippen LogP contribution >= 0.6 is 23.4 Å². The summed E-state index contributed by atoms with van der Waals surface area (Å²) in [6.07, 6.45) is 4.87. The van der Waals surface area contributed by atoms with Crippen molar-refractivity contribution in [2.45, 2.75) is 4.90 Å². The lowest BCUT2D eigenvalue weighted by molar-refractivity contribution is 0.102. The molecule has 4 nitrogen and oxygen atoms in total. The molecule has 0 atom stereocenters. The first-order valence-electron chi connectivity index (χ1n) is 4.84. The van der Waals surface area contributed by atoms with E-state index in [-0.39, 0.29) is 5.91 Å². The summed E-state index contributed by atoms with van der Waals surface area (Å²) in [5.74, 6) is -0.240. The topological polar surface area (TPSA) is 57.8 Å². The second-order valence-electron chi connectivity index (χ2n) is 3.27. The smallest absolute Gasteiger partial charge is 0.273 e. The van der Waals surface area contributed by atoms with Crippen LogP contribution in [0.25, 0.3) is 0 Å². The van der Waals surface area contributed by atoms with Crippen LogP contribution in [0.4, 0.5) is 5.69 Å². The van der Waals surface area contributed by atoms with Crippen molar-refractivity contribution in [1.29, 1.82) is 0 Å². The van der Waals surface area contributed by atoms with Crippen molar-refractivity contribution in [3.05, 3.63) is 41.4 Å². The Labute approximate surface area is 108 Å². The van der Waals surface area contributed by atoms with Crippen molar-refractivity contribution in [3.63, 3.8) is 0 Å². The minimum atomic E-state index is -0.240. The van der Waals surface area contributed by atoms with Gasteiger partial charge in [0.05, 0.1) is 17.5 Å². The zero-order valence-electron chi connectivity index (χ0n) is 9.03. The van der Waals surface area contributed by atoms with Crippen molar-refractivity contribution in [1.82, 2.24) is 9.97 Å². The molecule has 17 heavy (non-hydrogen) atoms. The highest BCUT2D eigenvalue weighted by Gasteiger charge is 2.08. The summed E-state index contributed by atoms with van der Waals surface area (Å²) >= 11 is 7.61.